The summed E-state index contributed by atoms with van der Waals surface area (Å²) in [4.78, 5) is 33.8. The molecule has 0 saturated carbocycles. The van der Waals surface area contributed by atoms with E-state index in [-0.39, 0.29) is 16.7 Å². The largest absolute Gasteiger partial charge is 0.478 e. The lowest BCUT2D eigenvalue weighted by Gasteiger charge is -2.09. The Labute approximate surface area is 95.5 Å². The van der Waals surface area contributed by atoms with Crippen LogP contribution in [0, 0.1) is 0 Å². The zero-order chi connectivity index (χ0) is 13.0. The summed E-state index contributed by atoms with van der Waals surface area (Å²) in [6.07, 6.45) is 0. The number of amides is 2. The van der Waals surface area contributed by atoms with E-state index in [4.69, 9.17) is 16.8 Å². The number of nitrogens with two attached hydrogens (primary N) is 2. The number of nitrogen functional groups attached to an aromatic ring is 2. The summed E-state index contributed by atoms with van der Waals surface area (Å²) < 4.78 is 0. The van der Waals surface area contributed by atoms with Gasteiger partial charge in [0, 0.05) is 0 Å². The molecule has 0 radical (unpaired) electrons. The van der Waals surface area contributed by atoms with Crippen molar-refractivity contribution in [2.75, 3.05) is 0 Å². The van der Waals surface area contributed by atoms with E-state index < -0.39 is 17.8 Å². The fraction of sp³-hybridized carbons (Fsp3) is 0. The summed E-state index contributed by atoms with van der Waals surface area (Å²) in [6, 6.07) is 3.76. The minimum Gasteiger partial charge on any atom is -0.478 e. The number of carbonyl (C=O) groups excluding carboxylic acids is 2. The third-order valence-corrected chi connectivity index (χ3v) is 2.03. The number of hydrogen-bond donors (Lipinski definition) is 5. The molecule has 1 rings (SSSR count). The third kappa shape index (κ3) is 2.38. The van der Waals surface area contributed by atoms with Gasteiger partial charge in [0.1, 0.15) is 0 Å². The van der Waals surface area contributed by atoms with Crippen LogP contribution in [0.4, 0.5) is 0 Å². The Balaban J connectivity index is 3.50. The van der Waals surface area contributed by atoms with Gasteiger partial charge in [0.2, 0.25) is 0 Å². The molecule has 1 aromatic carbocycles. The van der Waals surface area contributed by atoms with E-state index in [1.807, 2.05) is 5.43 Å². The molecule has 8 heteroatoms. The maximum atomic E-state index is 11.5. The molecule has 0 fully saturated rings. The fourth-order valence-corrected chi connectivity index (χ4v) is 1.31. The molecular formula is C9H10N4O4. The summed E-state index contributed by atoms with van der Waals surface area (Å²) in [5.41, 5.74) is 2.73. The molecule has 17 heavy (non-hydrogen) atoms. The van der Waals surface area contributed by atoms with Crippen LogP contribution in [0.2, 0.25) is 0 Å². The summed E-state index contributed by atoms with van der Waals surface area (Å²) in [6.45, 7) is 0. The van der Waals surface area contributed by atoms with Gasteiger partial charge in [-0.05, 0) is 12.1 Å². The van der Waals surface area contributed by atoms with Crippen molar-refractivity contribution >= 4 is 17.8 Å². The maximum absolute atomic E-state index is 11.5. The van der Waals surface area contributed by atoms with E-state index in [9.17, 15) is 14.4 Å². The molecule has 7 N–H and O–H groups in total. The third-order valence-electron chi connectivity index (χ3n) is 2.03. The normalized spacial score (nSPS) is 9.53. The topological polar surface area (TPSA) is 148 Å². The first kappa shape index (κ1) is 12.6. The smallest absolute Gasteiger partial charge is 0.336 e. The number of hydrogen-bond acceptors (Lipinski definition) is 5. The maximum Gasteiger partial charge on any atom is 0.336 e. The van der Waals surface area contributed by atoms with Crippen molar-refractivity contribution in [2.24, 2.45) is 11.7 Å². The van der Waals surface area contributed by atoms with E-state index in [2.05, 4.69) is 0 Å². The number of aromatic carboxylic acids is 1. The van der Waals surface area contributed by atoms with Crippen LogP contribution in [0.15, 0.2) is 18.2 Å². The molecule has 0 atom stereocenters. The lowest BCUT2D eigenvalue weighted by molar-refractivity contribution is 0.0691. The number of rotatable bonds is 3. The molecule has 8 nitrogen and oxygen atoms in total. The molecule has 0 aliphatic heterocycles. The molecule has 0 aromatic heterocycles. The average Bonchev–Trinajstić information content (AvgIpc) is 2.35. The molecule has 2 amide bonds. The van der Waals surface area contributed by atoms with E-state index in [0.717, 1.165) is 0 Å². The lowest BCUT2D eigenvalue weighted by atomic mass is 10.00. The van der Waals surface area contributed by atoms with Crippen LogP contribution in [-0.4, -0.2) is 22.9 Å². The standard InChI is InChI=1S/C9H10N4O4/c10-12-7(14)4-2-1-3-5(9(16)17)6(4)8(15)13-11/h1-3H,10-11H2,(H,12,14)(H,13,15)(H,16,17). The molecule has 0 spiro atoms. The van der Waals surface area contributed by atoms with Crippen LogP contribution in [0.3, 0.4) is 0 Å². The molecule has 0 saturated heterocycles. The van der Waals surface area contributed by atoms with Gasteiger partial charge in [-0.1, -0.05) is 6.07 Å². The molecule has 0 aliphatic carbocycles. The van der Waals surface area contributed by atoms with Gasteiger partial charge in [-0.3, -0.25) is 20.4 Å². The molecule has 0 aliphatic rings. The van der Waals surface area contributed by atoms with Crippen LogP contribution in [0.1, 0.15) is 31.1 Å². The quantitative estimate of drug-likeness (QED) is 0.248. The number of carboxylic acids is 1. The van der Waals surface area contributed by atoms with Gasteiger partial charge in [0.25, 0.3) is 11.8 Å². The van der Waals surface area contributed by atoms with Crippen molar-refractivity contribution in [3.63, 3.8) is 0 Å². The molecule has 0 heterocycles. The van der Waals surface area contributed by atoms with Gasteiger partial charge in [0.05, 0.1) is 16.7 Å². The van der Waals surface area contributed by atoms with Gasteiger partial charge in [-0.2, -0.15) is 0 Å². The Bertz CT molecular complexity index is 486. The highest BCUT2D eigenvalue weighted by atomic mass is 16.4. The Kier molecular flexibility index (Phi) is 3.75. The second kappa shape index (κ2) is 5.05. The minimum atomic E-state index is -1.35. The number of benzene rings is 1. The predicted octanol–water partition coefficient (Wildman–Crippen LogP) is -1.41. The molecule has 0 unspecified atom stereocenters. The van der Waals surface area contributed by atoms with Gasteiger partial charge in [-0.25, -0.2) is 16.5 Å². The predicted molar refractivity (Wildman–Crippen MR) is 56.7 cm³/mol. The van der Waals surface area contributed by atoms with Crippen LogP contribution in [-0.2, 0) is 0 Å². The summed E-state index contributed by atoms with van der Waals surface area (Å²) in [7, 11) is 0. The summed E-state index contributed by atoms with van der Waals surface area (Å²) in [5.74, 6) is 6.83. The van der Waals surface area contributed by atoms with Crippen molar-refractivity contribution in [2.45, 2.75) is 0 Å². The number of hydrazine groups is 2. The van der Waals surface area contributed by atoms with Crippen LogP contribution in [0.5, 0.6) is 0 Å². The van der Waals surface area contributed by atoms with Crippen molar-refractivity contribution in [1.29, 1.82) is 0 Å². The zero-order valence-corrected chi connectivity index (χ0v) is 8.56. The summed E-state index contributed by atoms with van der Waals surface area (Å²) in [5, 5.41) is 8.91. The highest BCUT2D eigenvalue weighted by Crippen LogP contribution is 2.15. The van der Waals surface area contributed by atoms with Gasteiger partial charge >= 0.3 is 5.97 Å². The highest BCUT2D eigenvalue weighted by molar-refractivity contribution is 6.12. The number of nitrogens with one attached hydrogen (secondary N) is 2. The van der Waals surface area contributed by atoms with Crippen molar-refractivity contribution in [3.8, 4) is 0 Å². The fourth-order valence-electron chi connectivity index (χ4n) is 1.31. The Morgan fingerprint density at radius 2 is 1.53 bits per heavy atom. The Hall–Kier alpha value is -2.45. The molecule has 0 bridgehead atoms. The average molecular weight is 238 g/mol. The zero-order valence-electron chi connectivity index (χ0n) is 8.56. The van der Waals surface area contributed by atoms with Crippen molar-refractivity contribution in [1.82, 2.24) is 10.9 Å². The first-order valence-corrected chi connectivity index (χ1v) is 4.41. The van der Waals surface area contributed by atoms with Crippen LogP contribution in [0.25, 0.3) is 0 Å². The highest BCUT2D eigenvalue weighted by Gasteiger charge is 2.22. The first-order chi connectivity index (χ1) is 8.02. The van der Waals surface area contributed by atoms with E-state index in [0.29, 0.717) is 0 Å². The Morgan fingerprint density at radius 1 is 1.00 bits per heavy atom. The van der Waals surface area contributed by atoms with Crippen LogP contribution >= 0.6 is 0 Å². The first-order valence-electron chi connectivity index (χ1n) is 4.41. The van der Waals surface area contributed by atoms with Gasteiger partial charge < -0.3 is 5.11 Å². The molecular weight excluding hydrogens is 228 g/mol. The monoisotopic (exact) mass is 238 g/mol. The van der Waals surface area contributed by atoms with Gasteiger partial charge in [-0.15, -0.1) is 0 Å². The van der Waals surface area contributed by atoms with E-state index in [1.165, 1.54) is 18.2 Å². The molecule has 90 valence electrons. The summed E-state index contributed by atoms with van der Waals surface area (Å²) >= 11 is 0. The SMILES string of the molecule is NNC(=O)c1cccc(C(=O)O)c1C(=O)NN. The van der Waals surface area contributed by atoms with Crippen molar-refractivity contribution < 1.29 is 19.5 Å². The number of carbonyl (C=O) groups is 3. The van der Waals surface area contributed by atoms with Gasteiger partial charge in [0.15, 0.2) is 0 Å². The Morgan fingerprint density at radius 3 is 2.00 bits per heavy atom. The van der Waals surface area contributed by atoms with Crippen LogP contribution < -0.4 is 22.5 Å². The number of carboxylic acid groups (broad SMARTS) is 1. The van der Waals surface area contributed by atoms with E-state index in [1.54, 1.807) is 5.43 Å². The van der Waals surface area contributed by atoms with Crippen molar-refractivity contribution in [3.05, 3.63) is 34.9 Å². The second-order valence-corrected chi connectivity index (χ2v) is 2.98. The second-order valence-electron chi connectivity index (χ2n) is 2.98. The van der Waals surface area contributed by atoms with E-state index >= 15 is 0 Å². The lowest BCUT2D eigenvalue weighted by Crippen LogP contribution is -2.36. The minimum absolute atomic E-state index is 0.171. The molecule has 1 aromatic rings.